The smallest absolute Gasteiger partial charge is 0.273 e. The molecule has 2 rings (SSSR count). The Hall–Kier alpha value is -2.10. The molecule has 0 saturated heterocycles. The fourth-order valence-electron chi connectivity index (χ4n) is 1.69. The van der Waals surface area contributed by atoms with E-state index in [2.05, 4.69) is 29.1 Å². The molecular weight excluding hydrogens is 226 g/mol. The van der Waals surface area contributed by atoms with Crippen LogP contribution >= 0.6 is 0 Å². The van der Waals surface area contributed by atoms with Gasteiger partial charge in [-0.05, 0) is 30.5 Å². The van der Waals surface area contributed by atoms with Gasteiger partial charge in [0.2, 0.25) is 0 Å². The monoisotopic (exact) mass is 243 g/mol. The predicted molar refractivity (Wildman–Crippen MR) is 71.8 cm³/mol. The molecule has 0 bridgehead atoms. The van der Waals surface area contributed by atoms with Crippen LogP contribution in [0.15, 0.2) is 30.5 Å². The van der Waals surface area contributed by atoms with Gasteiger partial charge < -0.3 is 10.3 Å². The Morgan fingerprint density at radius 1 is 1.28 bits per heavy atom. The second-order valence-corrected chi connectivity index (χ2v) is 4.61. The summed E-state index contributed by atoms with van der Waals surface area (Å²) in [5.74, 6) is 1.05. The number of imidazole rings is 1. The van der Waals surface area contributed by atoms with Crippen molar-refractivity contribution in [2.24, 2.45) is 0 Å². The number of hydrogen-bond donors (Lipinski definition) is 2. The van der Waals surface area contributed by atoms with Crippen LogP contribution in [0.5, 0.6) is 0 Å². The molecule has 0 aliphatic heterocycles. The molecule has 94 valence electrons. The number of benzene rings is 1. The van der Waals surface area contributed by atoms with Crippen LogP contribution < -0.4 is 5.32 Å². The molecule has 0 saturated carbocycles. The molecular formula is C14H17N3O. The molecule has 0 aliphatic carbocycles. The zero-order valence-electron chi connectivity index (χ0n) is 10.8. The summed E-state index contributed by atoms with van der Waals surface area (Å²) in [7, 11) is 0. The summed E-state index contributed by atoms with van der Waals surface area (Å²) < 4.78 is 0. The van der Waals surface area contributed by atoms with Crippen LogP contribution in [0.1, 0.15) is 41.6 Å². The Morgan fingerprint density at radius 2 is 1.94 bits per heavy atom. The van der Waals surface area contributed by atoms with Crippen molar-refractivity contribution in [3.63, 3.8) is 0 Å². The molecule has 0 radical (unpaired) electrons. The second-order valence-electron chi connectivity index (χ2n) is 4.61. The number of anilines is 1. The first-order valence-corrected chi connectivity index (χ1v) is 5.99. The summed E-state index contributed by atoms with van der Waals surface area (Å²) in [5, 5.41) is 2.83. The number of nitrogens with one attached hydrogen (secondary N) is 2. The van der Waals surface area contributed by atoms with Crippen LogP contribution in [-0.2, 0) is 0 Å². The van der Waals surface area contributed by atoms with E-state index in [1.807, 2.05) is 31.2 Å². The lowest BCUT2D eigenvalue weighted by atomic mass is 10.0. The predicted octanol–water partition coefficient (Wildman–Crippen LogP) is 3.09. The fourth-order valence-corrected chi connectivity index (χ4v) is 1.69. The van der Waals surface area contributed by atoms with E-state index >= 15 is 0 Å². The number of aromatic amines is 1. The summed E-state index contributed by atoms with van der Waals surface area (Å²) in [5.41, 5.74) is 2.52. The lowest BCUT2D eigenvalue weighted by Crippen LogP contribution is -2.12. The molecule has 2 N–H and O–H groups in total. The molecule has 18 heavy (non-hydrogen) atoms. The number of hydrogen-bond acceptors (Lipinski definition) is 2. The van der Waals surface area contributed by atoms with Crippen LogP contribution in [-0.4, -0.2) is 15.9 Å². The number of amides is 1. The Bertz CT molecular complexity index is 540. The summed E-state index contributed by atoms with van der Waals surface area (Å²) in [6, 6.07) is 7.88. The highest BCUT2D eigenvalue weighted by Gasteiger charge is 2.08. The molecule has 0 aliphatic rings. The fraction of sp³-hybridized carbons (Fsp3) is 0.286. The summed E-state index contributed by atoms with van der Waals surface area (Å²) >= 11 is 0. The zero-order chi connectivity index (χ0) is 13.1. The number of carbonyl (C=O) groups is 1. The van der Waals surface area contributed by atoms with Crippen LogP contribution in [0.2, 0.25) is 0 Å². The molecule has 2 aromatic rings. The third kappa shape index (κ3) is 2.77. The Morgan fingerprint density at radius 3 is 2.44 bits per heavy atom. The summed E-state index contributed by atoms with van der Waals surface area (Å²) in [6.07, 6.45) is 1.53. The lowest BCUT2D eigenvalue weighted by Gasteiger charge is -2.07. The maximum Gasteiger partial charge on any atom is 0.273 e. The highest BCUT2D eigenvalue weighted by atomic mass is 16.1. The molecule has 0 spiro atoms. The van der Waals surface area contributed by atoms with Gasteiger partial charge >= 0.3 is 0 Å². The van der Waals surface area contributed by atoms with E-state index in [-0.39, 0.29) is 5.91 Å². The minimum Gasteiger partial charge on any atom is -0.338 e. The van der Waals surface area contributed by atoms with Crippen molar-refractivity contribution in [3.05, 3.63) is 47.5 Å². The van der Waals surface area contributed by atoms with Crippen LogP contribution in [0.4, 0.5) is 5.69 Å². The van der Waals surface area contributed by atoms with Gasteiger partial charge in [-0.2, -0.15) is 0 Å². The Balaban J connectivity index is 2.07. The molecule has 1 heterocycles. The van der Waals surface area contributed by atoms with Crippen molar-refractivity contribution >= 4 is 11.6 Å². The number of aryl methyl sites for hydroxylation is 1. The SMILES string of the molecule is Cc1ncc(C(=O)Nc2ccc(C(C)C)cc2)[nH]1. The topological polar surface area (TPSA) is 57.8 Å². The van der Waals surface area contributed by atoms with Crippen molar-refractivity contribution in [2.45, 2.75) is 26.7 Å². The average Bonchev–Trinajstić information content (AvgIpc) is 2.76. The largest absolute Gasteiger partial charge is 0.338 e. The number of rotatable bonds is 3. The van der Waals surface area contributed by atoms with E-state index in [0.717, 1.165) is 11.5 Å². The number of aromatic nitrogens is 2. The third-order valence-corrected chi connectivity index (χ3v) is 2.78. The minimum absolute atomic E-state index is 0.173. The molecule has 4 heteroatoms. The Labute approximate surface area is 106 Å². The summed E-state index contributed by atoms with van der Waals surface area (Å²) in [6.45, 7) is 6.09. The van der Waals surface area contributed by atoms with Crippen molar-refractivity contribution in [1.82, 2.24) is 9.97 Å². The number of nitrogens with zero attached hydrogens (tertiary/aromatic N) is 1. The van der Waals surface area contributed by atoms with Crippen LogP contribution in [0.3, 0.4) is 0 Å². The maximum absolute atomic E-state index is 11.9. The van der Waals surface area contributed by atoms with E-state index in [0.29, 0.717) is 11.6 Å². The lowest BCUT2D eigenvalue weighted by molar-refractivity contribution is 0.102. The molecule has 1 amide bonds. The van der Waals surface area contributed by atoms with E-state index in [1.54, 1.807) is 0 Å². The quantitative estimate of drug-likeness (QED) is 0.870. The van der Waals surface area contributed by atoms with E-state index in [1.165, 1.54) is 11.8 Å². The first kappa shape index (κ1) is 12.4. The van der Waals surface area contributed by atoms with Crippen molar-refractivity contribution < 1.29 is 4.79 Å². The standard InChI is InChI=1S/C14H17N3O/c1-9(2)11-4-6-12(7-5-11)17-14(18)13-8-15-10(3)16-13/h4-9H,1-3H3,(H,15,16)(H,17,18). The average molecular weight is 243 g/mol. The van der Waals surface area contributed by atoms with Crippen molar-refractivity contribution in [2.75, 3.05) is 5.32 Å². The second kappa shape index (κ2) is 5.04. The van der Waals surface area contributed by atoms with Crippen molar-refractivity contribution in [3.8, 4) is 0 Å². The van der Waals surface area contributed by atoms with Gasteiger partial charge in [0.25, 0.3) is 5.91 Å². The maximum atomic E-state index is 11.9. The molecule has 1 aromatic heterocycles. The van der Waals surface area contributed by atoms with Gasteiger partial charge in [0.15, 0.2) is 0 Å². The first-order valence-electron chi connectivity index (χ1n) is 5.99. The molecule has 0 fully saturated rings. The minimum atomic E-state index is -0.173. The van der Waals surface area contributed by atoms with E-state index < -0.39 is 0 Å². The van der Waals surface area contributed by atoms with Gasteiger partial charge in [-0.3, -0.25) is 4.79 Å². The van der Waals surface area contributed by atoms with Gasteiger partial charge in [0, 0.05) is 5.69 Å². The van der Waals surface area contributed by atoms with Gasteiger partial charge in [-0.25, -0.2) is 4.98 Å². The third-order valence-electron chi connectivity index (χ3n) is 2.78. The van der Waals surface area contributed by atoms with E-state index in [4.69, 9.17) is 0 Å². The molecule has 4 nitrogen and oxygen atoms in total. The number of carbonyl (C=O) groups excluding carboxylic acids is 1. The Kier molecular flexibility index (Phi) is 3.46. The van der Waals surface area contributed by atoms with Gasteiger partial charge in [0.1, 0.15) is 11.5 Å². The van der Waals surface area contributed by atoms with E-state index in [9.17, 15) is 4.79 Å². The highest BCUT2D eigenvalue weighted by molar-refractivity contribution is 6.02. The van der Waals surface area contributed by atoms with Crippen LogP contribution in [0.25, 0.3) is 0 Å². The van der Waals surface area contributed by atoms with Gasteiger partial charge in [0.05, 0.1) is 6.20 Å². The molecule has 0 atom stereocenters. The normalized spacial score (nSPS) is 10.7. The first-order chi connectivity index (χ1) is 8.56. The van der Waals surface area contributed by atoms with Gasteiger partial charge in [-0.15, -0.1) is 0 Å². The van der Waals surface area contributed by atoms with Gasteiger partial charge in [-0.1, -0.05) is 26.0 Å². The zero-order valence-corrected chi connectivity index (χ0v) is 10.8. The highest BCUT2D eigenvalue weighted by Crippen LogP contribution is 2.17. The van der Waals surface area contributed by atoms with Crippen LogP contribution in [0, 0.1) is 6.92 Å². The summed E-state index contributed by atoms with van der Waals surface area (Å²) in [4.78, 5) is 18.8. The number of H-pyrrole nitrogens is 1. The molecule has 1 aromatic carbocycles. The molecule has 0 unspecified atom stereocenters. The van der Waals surface area contributed by atoms with Crippen molar-refractivity contribution in [1.29, 1.82) is 0 Å².